The summed E-state index contributed by atoms with van der Waals surface area (Å²) in [4.78, 5) is 0. The van der Waals surface area contributed by atoms with E-state index in [1.54, 1.807) is 0 Å². The Hall–Kier alpha value is -4.42. The summed E-state index contributed by atoms with van der Waals surface area (Å²) in [5.41, 5.74) is 11.3. The maximum atomic E-state index is 2.55. The lowest BCUT2D eigenvalue weighted by atomic mass is 9.79. The van der Waals surface area contributed by atoms with Gasteiger partial charge in [-0.25, -0.2) is 0 Å². The average Bonchev–Trinajstić information content (AvgIpc) is 3.34. The van der Waals surface area contributed by atoms with Gasteiger partial charge in [-0.1, -0.05) is 113 Å². The van der Waals surface area contributed by atoms with Crippen LogP contribution in [0.25, 0.3) is 65.3 Å². The maximum absolute atomic E-state index is 2.55. The van der Waals surface area contributed by atoms with Gasteiger partial charge in [-0.05, 0) is 112 Å². The minimum absolute atomic E-state index is 0.0488. The van der Waals surface area contributed by atoms with Crippen LogP contribution in [0.15, 0.2) is 109 Å². The molecular formula is C40H30. The van der Waals surface area contributed by atoms with Crippen LogP contribution in [0.2, 0.25) is 0 Å². The first kappa shape index (κ1) is 22.4. The minimum atomic E-state index is -0.0658. The van der Waals surface area contributed by atoms with Crippen molar-refractivity contribution < 1.29 is 0 Å². The number of fused-ring (bicyclic) bond motifs is 13. The summed E-state index contributed by atoms with van der Waals surface area (Å²) in [5, 5.41) is 10.6. The third-order valence-corrected chi connectivity index (χ3v) is 10.2. The van der Waals surface area contributed by atoms with E-state index in [0.717, 1.165) is 0 Å². The van der Waals surface area contributed by atoms with E-state index in [4.69, 9.17) is 0 Å². The third-order valence-electron chi connectivity index (χ3n) is 10.2. The van der Waals surface area contributed by atoms with Crippen LogP contribution in [-0.4, -0.2) is 0 Å². The van der Waals surface area contributed by atoms with Gasteiger partial charge in [-0.3, -0.25) is 0 Å². The van der Waals surface area contributed by atoms with Gasteiger partial charge in [0.25, 0.3) is 0 Å². The summed E-state index contributed by atoms with van der Waals surface area (Å²) >= 11 is 0. The zero-order valence-corrected chi connectivity index (χ0v) is 23.4. The van der Waals surface area contributed by atoms with Crippen LogP contribution in [-0.2, 0) is 10.8 Å². The molecule has 9 rings (SSSR count). The zero-order valence-electron chi connectivity index (χ0n) is 23.4. The molecule has 0 heteroatoms. The summed E-state index contributed by atoms with van der Waals surface area (Å²) in [6.45, 7) is 9.63. The summed E-state index contributed by atoms with van der Waals surface area (Å²) in [5.74, 6) is 0. The smallest absolute Gasteiger partial charge is 0.0159 e. The average molecular weight is 511 g/mol. The Labute approximate surface area is 234 Å². The van der Waals surface area contributed by atoms with Crippen LogP contribution in [0.5, 0.6) is 0 Å². The minimum Gasteiger partial charge on any atom is -0.0616 e. The predicted molar refractivity (Wildman–Crippen MR) is 172 cm³/mol. The second-order valence-corrected chi connectivity index (χ2v) is 13.0. The van der Waals surface area contributed by atoms with E-state index < -0.39 is 0 Å². The lowest BCUT2D eigenvalue weighted by molar-refractivity contribution is 0.652. The lowest BCUT2D eigenvalue weighted by Gasteiger charge is -2.24. The largest absolute Gasteiger partial charge is 0.0616 e. The van der Waals surface area contributed by atoms with Crippen molar-refractivity contribution in [3.05, 3.63) is 131 Å². The van der Waals surface area contributed by atoms with Crippen LogP contribution in [0.3, 0.4) is 0 Å². The molecule has 190 valence electrons. The van der Waals surface area contributed by atoms with Crippen molar-refractivity contribution in [2.75, 3.05) is 0 Å². The highest BCUT2D eigenvalue weighted by atomic mass is 14.5. The molecule has 0 bridgehead atoms. The van der Waals surface area contributed by atoms with Crippen LogP contribution >= 0.6 is 0 Å². The van der Waals surface area contributed by atoms with Gasteiger partial charge in [0, 0.05) is 10.8 Å². The first-order valence-electron chi connectivity index (χ1n) is 14.4. The Kier molecular flexibility index (Phi) is 4.03. The summed E-state index contributed by atoms with van der Waals surface area (Å²) in [6.07, 6.45) is 0. The van der Waals surface area contributed by atoms with Crippen LogP contribution < -0.4 is 0 Å². The van der Waals surface area contributed by atoms with Gasteiger partial charge in [-0.15, -0.1) is 0 Å². The van der Waals surface area contributed by atoms with Gasteiger partial charge in [-0.2, -0.15) is 0 Å². The standard InChI is InChI=1S/C40H30/c1-39(2)33-17-14-23-9-7-8-12-27(23)37(33)31-21-36-32(22-35(31)39)38-29-15-13-26-19-24-10-5-6-11-25(24)20-30(26)28(29)16-18-34(38)40(36,3)4/h5-22H,1-4H3. The molecule has 0 saturated carbocycles. The van der Waals surface area contributed by atoms with Gasteiger partial charge < -0.3 is 0 Å². The molecule has 0 fully saturated rings. The molecule has 0 saturated heterocycles. The molecule has 7 aromatic rings. The van der Waals surface area contributed by atoms with Crippen LogP contribution in [0, 0.1) is 0 Å². The molecule has 0 radical (unpaired) electrons. The van der Waals surface area contributed by atoms with Crippen molar-refractivity contribution in [2.24, 2.45) is 0 Å². The fraction of sp³-hybridized carbons (Fsp3) is 0.150. The number of rotatable bonds is 0. The van der Waals surface area contributed by atoms with E-state index in [9.17, 15) is 0 Å². The molecule has 0 unspecified atom stereocenters. The SMILES string of the molecule is CC1(C)c2cc3c(cc2-c2c1ccc1ccccc21)C(C)(C)c1ccc2c(ccc4cc5ccccc5cc42)c1-3. The molecule has 40 heavy (non-hydrogen) atoms. The fourth-order valence-electron chi connectivity index (χ4n) is 8.06. The van der Waals surface area contributed by atoms with E-state index >= 15 is 0 Å². The second-order valence-electron chi connectivity index (χ2n) is 13.0. The van der Waals surface area contributed by atoms with Gasteiger partial charge in [0.2, 0.25) is 0 Å². The normalized spacial score (nSPS) is 15.9. The number of benzene rings is 7. The van der Waals surface area contributed by atoms with E-state index in [-0.39, 0.29) is 10.8 Å². The molecule has 0 nitrogen and oxygen atoms in total. The molecular weight excluding hydrogens is 480 g/mol. The van der Waals surface area contributed by atoms with E-state index in [0.29, 0.717) is 0 Å². The fourth-order valence-corrected chi connectivity index (χ4v) is 8.06. The van der Waals surface area contributed by atoms with Gasteiger partial charge in [0.15, 0.2) is 0 Å². The zero-order chi connectivity index (χ0) is 27.0. The van der Waals surface area contributed by atoms with Gasteiger partial charge in [0.05, 0.1) is 0 Å². The molecule has 0 amide bonds. The molecule has 2 aliphatic rings. The molecule has 0 spiro atoms. The van der Waals surface area contributed by atoms with Crippen molar-refractivity contribution in [3.63, 3.8) is 0 Å². The Balaban J connectivity index is 1.37. The summed E-state index contributed by atoms with van der Waals surface area (Å²) < 4.78 is 0. The predicted octanol–water partition coefficient (Wildman–Crippen LogP) is 10.9. The molecule has 0 atom stereocenters. The number of hydrogen-bond acceptors (Lipinski definition) is 0. The maximum Gasteiger partial charge on any atom is 0.0159 e. The Morgan fingerprint density at radius 2 is 0.875 bits per heavy atom. The summed E-state index contributed by atoms with van der Waals surface area (Å²) in [7, 11) is 0. The number of hydrogen-bond donors (Lipinski definition) is 0. The van der Waals surface area contributed by atoms with Crippen molar-refractivity contribution in [1.29, 1.82) is 0 Å². The first-order chi connectivity index (χ1) is 19.3. The summed E-state index contributed by atoms with van der Waals surface area (Å²) in [6, 6.07) is 41.6. The molecule has 0 aromatic heterocycles. The second kappa shape index (κ2) is 7.20. The van der Waals surface area contributed by atoms with E-state index in [1.165, 1.54) is 87.6 Å². The quantitative estimate of drug-likeness (QED) is 0.141. The van der Waals surface area contributed by atoms with Crippen molar-refractivity contribution >= 4 is 43.1 Å². The first-order valence-corrected chi connectivity index (χ1v) is 14.4. The molecule has 2 aliphatic carbocycles. The highest BCUT2D eigenvalue weighted by Gasteiger charge is 2.42. The monoisotopic (exact) mass is 510 g/mol. The molecule has 0 aliphatic heterocycles. The van der Waals surface area contributed by atoms with Gasteiger partial charge >= 0.3 is 0 Å². The molecule has 0 heterocycles. The Morgan fingerprint density at radius 3 is 1.57 bits per heavy atom. The Bertz CT molecular complexity index is 2260. The van der Waals surface area contributed by atoms with Crippen molar-refractivity contribution in [2.45, 2.75) is 38.5 Å². The van der Waals surface area contributed by atoms with Crippen LogP contribution in [0.4, 0.5) is 0 Å². The van der Waals surface area contributed by atoms with Gasteiger partial charge in [0.1, 0.15) is 0 Å². The Morgan fingerprint density at radius 1 is 0.350 bits per heavy atom. The van der Waals surface area contributed by atoms with E-state index in [2.05, 4.69) is 137 Å². The molecule has 7 aromatic carbocycles. The molecule has 0 N–H and O–H groups in total. The topological polar surface area (TPSA) is 0 Å². The lowest BCUT2D eigenvalue weighted by Crippen LogP contribution is -2.16. The van der Waals surface area contributed by atoms with Crippen molar-refractivity contribution in [3.8, 4) is 22.3 Å². The van der Waals surface area contributed by atoms with E-state index in [1.807, 2.05) is 0 Å². The highest BCUT2D eigenvalue weighted by molar-refractivity contribution is 6.17. The third kappa shape index (κ3) is 2.62. The van der Waals surface area contributed by atoms with Crippen LogP contribution in [0.1, 0.15) is 49.9 Å². The van der Waals surface area contributed by atoms with Crippen molar-refractivity contribution in [1.82, 2.24) is 0 Å². The highest BCUT2D eigenvalue weighted by Crippen LogP contribution is 2.58.